The van der Waals surface area contributed by atoms with Crippen LogP contribution in [0.1, 0.15) is 22.8 Å². The summed E-state index contributed by atoms with van der Waals surface area (Å²) in [6.45, 7) is 1.52. The van der Waals surface area contributed by atoms with E-state index in [2.05, 4.69) is 10.5 Å². The zero-order chi connectivity index (χ0) is 26.4. The first-order valence-electron chi connectivity index (χ1n) is 11.1. The molecular formula is C27H20ClN3O6. The van der Waals surface area contributed by atoms with Crippen molar-refractivity contribution in [2.45, 2.75) is 13.0 Å². The summed E-state index contributed by atoms with van der Waals surface area (Å²) in [4.78, 5) is 35.4. The Morgan fingerprint density at radius 2 is 1.70 bits per heavy atom. The van der Waals surface area contributed by atoms with Gasteiger partial charge in [0.1, 0.15) is 11.5 Å². The summed E-state index contributed by atoms with van der Waals surface area (Å²) >= 11 is 5.90. The van der Waals surface area contributed by atoms with Crippen molar-refractivity contribution < 1.29 is 24.0 Å². The molecule has 0 aliphatic heterocycles. The number of nitro groups is 1. The third-order valence-corrected chi connectivity index (χ3v) is 5.56. The maximum absolute atomic E-state index is 12.7. The highest BCUT2D eigenvalue weighted by atomic mass is 35.5. The van der Waals surface area contributed by atoms with E-state index < -0.39 is 22.9 Å². The lowest BCUT2D eigenvalue weighted by molar-refractivity contribution is -0.384. The average molecular weight is 518 g/mol. The van der Waals surface area contributed by atoms with E-state index >= 15 is 0 Å². The van der Waals surface area contributed by atoms with Gasteiger partial charge in [0, 0.05) is 22.7 Å². The summed E-state index contributed by atoms with van der Waals surface area (Å²) in [5.41, 5.74) is 3.14. The van der Waals surface area contributed by atoms with Crippen LogP contribution in [0.2, 0.25) is 5.02 Å². The van der Waals surface area contributed by atoms with Crippen LogP contribution in [0.15, 0.2) is 90.0 Å². The number of benzene rings is 4. The molecule has 0 aliphatic carbocycles. The Labute approximate surface area is 216 Å². The van der Waals surface area contributed by atoms with Crippen LogP contribution in [0, 0.1) is 10.1 Å². The summed E-state index contributed by atoms with van der Waals surface area (Å²) in [7, 11) is 0. The summed E-state index contributed by atoms with van der Waals surface area (Å²) < 4.78 is 11.2. The number of hydrogen-bond acceptors (Lipinski definition) is 7. The standard InChI is InChI=1S/C27H20ClN3O6/c1-17(36-22-13-11-21(12-14-22)31(34)35)26(32)30-29-16-24-23-5-3-2-4-18(23)8-15-25(24)37-27(33)19-6-9-20(28)10-7-19/h2-17H,1H3,(H,30,32). The first-order chi connectivity index (χ1) is 17.8. The van der Waals surface area contributed by atoms with Gasteiger partial charge >= 0.3 is 5.97 Å². The molecule has 0 saturated carbocycles. The van der Waals surface area contributed by atoms with Gasteiger partial charge in [0.25, 0.3) is 11.6 Å². The molecule has 9 nitrogen and oxygen atoms in total. The summed E-state index contributed by atoms with van der Waals surface area (Å²) in [6, 6.07) is 22.6. The minimum Gasteiger partial charge on any atom is -0.481 e. The number of esters is 1. The van der Waals surface area contributed by atoms with E-state index in [-0.39, 0.29) is 11.4 Å². The van der Waals surface area contributed by atoms with Crippen molar-refractivity contribution in [1.82, 2.24) is 5.43 Å². The van der Waals surface area contributed by atoms with Crippen LogP contribution in [0.4, 0.5) is 5.69 Å². The molecule has 37 heavy (non-hydrogen) atoms. The van der Waals surface area contributed by atoms with Crippen LogP contribution in [0.3, 0.4) is 0 Å². The largest absolute Gasteiger partial charge is 0.481 e. The molecule has 186 valence electrons. The SMILES string of the molecule is CC(Oc1ccc([N+](=O)[O-])cc1)C(=O)NN=Cc1c(OC(=O)c2ccc(Cl)cc2)ccc2ccccc12. The van der Waals surface area contributed by atoms with Crippen LogP contribution >= 0.6 is 11.6 Å². The highest BCUT2D eigenvalue weighted by Crippen LogP contribution is 2.27. The monoisotopic (exact) mass is 517 g/mol. The number of nitrogens with one attached hydrogen (secondary N) is 1. The number of hydrogen-bond donors (Lipinski definition) is 1. The zero-order valence-electron chi connectivity index (χ0n) is 19.5. The number of fused-ring (bicyclic) bond motifs is 1. The molecule has 0 saturated heterocycles. The fraction of sp³-hybridized carbons (Fsp3) is 0.0741. The normalized spacial score (nSPS) is 11.7. The fourth-order valence-corrected chi connectivity index (χ4v) is 3.52. The smallest absolute Gasteiger partial charge is 0.343 e. The van der Waals surface area contributed by atoms with Gasteiger partial charge in [-0.25, -0.2) is 10.2 Å². The highest BCUT2D eigenvalue weighted by Gasteiger charge is 2.16. The number of ether oxygens (including phenoxy) is 2. The van der Waals surface area contributed by atoms with E-state index in [1.165, 1.54) is 37.4 Å². The lowest BCUT2D eigenvalue weighted by Crippen LogP contribution is -2.33. The Hall–Kier alpha value is -4.76. The molecule has 0 aliphatic rings. The summed E-state index contributed by atoms with van der Waals surface area (Å²) in [5, 5.41) is 17.0. The van der Waals surface area contributed by atoms with Crippen LogP contribution in [-0.2, 0) is 4.79 Å². The van der Waals surface area contributed by atoms with E-state index in [1.54, 1.807) is 30.3 Å². The second-order valence-electron chi connectivity index (χ2n) is 7.84. The van der Waals surface area contributed by atoms with Gasteiger partial charge in [-0.2, -0.15) is 5.10 Å². The predicted molar refractivity (Wildman–Crippen MR) is 139 cm³/mol. The Balaban J connectivity index is 1.50. The second kappa shape index (κ2) is 11.3. The number of amides is 1. The van der Waals surface area contributed by atoms with Gasteiger partial charge in [0.05, 0.1) is 16.7 Å². The van der Waals surface area contributed by atoms with Crippen LogP contribution in [0.25, 0.3) is 10.8 Å². The minimum absolute atomic E-state index is 0.0864. The van der Waals surface area contributed by atoms with Gasteiger partial charge in [-0.05, 0) is 60.2 Å². The number of nitrogens with zero attached hydrogens (tertiary/aromatic N) is 2. The number of nitro benzene ring substituents is 1. The van der Waals surface area contributed by atoms with E-state index in [0.29, 0.717) is 21.9 Å². The van der Waals surface area contributed by atoms with Gasteiger partial charge in [-0.3, -0.25) is 14.9 Å². The van der Waals surface area contributed by atoms with E-state index in [4.69, 9.17) is 21.1 Å². The Morgan fingerprint density at radius 1 is 1.00 bits per heavy atom. The van der Waals surface area contributed by atoms with Crippen molar-refractivity contribution >= 4 is 46.2 Å². The van der Waals surface area contributed by atoms with Crippen molar-refractivity contribution in [1.29, 1.82) is 0 Å². The quantitative estimate of drug-likeness (QED) is 0.108. The van der Waals surface area contributed by atoms with Gasteiger partial charge in [0.2, 0.25) is 0 Å². The first-order valence-corrected chi connectivity index (χ1v) is 11.4. The van der Waals surface area contributed by atoms with Gasteiger partial charge < -0.3 is 9.47 Å². The fourth-order valence-electron chi connectivity index (χ4n) is 3.40. The van der Waals surface area contributed by atoms with Crippen LogP contribution in [0.5, 0.6) is 11.5 Å². The number of carbonyl (C=O) groups excluding carboxylic acids is 2. The third-order valence-electron chi connectivity index (χ3n) is 5.31. The molecule has 0 bridgehead atoms. The molecule has 1 unspecified atom stereocenters. The number of halogens is 1. The molecule has 0 spiro atoms. The molecular weight excluding hydrogens is 498 g/mol. The Kier molecular flexibility index (Phi) is 7.75. The zero-order valence-corrected chi connectivity index (χ0v) is 20.2. The van der Waals surface area contributed by atoms with Crippen LogP contribution in [-0.4, -0.2) is 29.1 Å². The van der Waals surface area contributed by atoms with E-state index in [9.17, 15) is 19.7 Å². The molecule has 1 amide bonds. The van der Waals surface area contributed by atoms with Crippen LogP contribution < -0.4 is 14.9 Å². The molecule has 10 heteroatoms. The minimum atomic E-state index is -0.937. The van der Waals surface area contributed by atoms with Gasteiger partial charge in [-0.1, -0.05) is 41.9 Å². The van der Waals surface area contributed by atoms with Crippen molar-refractivity contribution in [3.8, 4) is 11.5 Å². The molecule has 4 aromatic rings. The van der Waals surface area contributed by atoms with E-state index in [0.717, 1.165) is 10.8 Å². The molecule has 4 aromatic carbocycles. The molecule has 0 fully saturated rings. The van der Waals surface area contributed by atoms with Crippen molar-refractivity contribution in [2.75, 3.05) is 0 Å². The van der Waals surface area contributed by atoms with Crippen molar-refractivity contribution in [3.63, 3.8) is 0 Å². The molecule has 0 heterocycles. The lowest BCUT2D eigenvalue weighted by Gasteiger charge is -2.13. The Bertz CT molecular complexity index is 1490. The van der Waals surface area contributed by atoms with Crippen molar-refractivity contribution in [3.05, 3.63) is 111 Å². The molecule has 1 N–H and O–H groups in total. The molecule has 0 aromatic heterocycles. The van der Waals surface area contributed by atoms with E-state index in [1.807, 2.05) is 30.3 Å². The number of rotatable bonds is 8. The van der Waals surface area contributed by atoms with Gasteiger partial charge in [0.15, 0.2) is 6.10 Å². The second-order valence-corrected chi connectivity index (χ2v) is 8.28. The van der Waals surface area contributed by atoms with Gasteiger partial charge in [-0.15, -0.1) is 0 Å². The molecule has 0 radical (unpaired) electrons. The maximum Gasteiger partial charge on any atom is 0.343 e. The number of carbonyl (C=O) groups is 2. The third kappa shape index (κ3) is 6.28. The summed E-state index contributed by atoms with van der Waals surface area (Å²) in [6.07, 6.45) is 0.455. The molecule has 4 rings (SSSR count). The average Bonchev–Trinajstić information content (AvgIpc) is 2.90. The number of hydrazone groups is 1. The summed E-state index contributed by atoms with van der Waals surface area (Å²) in [5.74, 6) is -0.570. The number of non-ortho nitro benzene ring substituents is 1. The Morgan fingerprint density at radius 3 is 2.41 bits per heavy atom. The predicted octanol–water partition coefficient (Wildman–Crippen LogP) is 5.54. The molecule has 1 atom stereocenters. The van der Waals surface area contributed by atoms with Crippen molar-refractivity contribution in [2.24, 2.45) is 5.10 Å². The maximum atomic E-state index is 12.7. The highest BCUT2D eigenvalue weighted by molar-refractivity contribution is 6.30. The topological polar surface area (TPSA) is 120 Å². The lowest BCUT2D eigenvalue weighted by atomic mass is 10.0. The first kappa shape index (κ1) is 25.3.